The van der Waals surface area contributed by atoms with Crippen LogP contribution in [0.3, 0.4) is 0 Å². The summed E-state index contributed by atoms with van der Waals surface area (Å²) >= 11 is 0. The average molecular weight is 567 g/mol. The smallest absolute Gasteiger partial charge is 0.119 e. The maximum atomic E-state index is 9.13. The van der Waals surface area contributed by atoms with Gasteiger partial charge in [-0.25, -0.2) is 0 Å². The van der Waals surface area contributed by atoms with E-state index in [2.05, 4.69) is 109 Å². The highest BCUT2D eigenvalue weighted by Gasteiger charge is 2.46. The van der Waals surface area contributed by atoms with E-state index in [1.54, 1.807) is 0 Å². The Kier molecular flexibility index (Phi) is 7.32. The lowest BCUT2D eigenvalue weighted by atomic mass is 9.67. The minimum absolute atomic E-state index is 0.121. The van der Waals surface area contributed by atoms with Crippen molar-refractivity contribution in [2.75, 3.05) is 26.4 Å². The topological polar surface area (TPSA) is 58.9 Å². The lowest BCUT2D eigenvalue weighted by Gasteiger charge is -2.34. The molecule has 2 N–H and O–H groups in total. The number of aliphatic hydroxyl groups is 2. The predicted molar refractivity (Wildman–Crippen MR) is 173 cm³/mol. The predicted octanol–water partition coefficient (Wildman–Crippen LogP) is 7.88. The molecule has 6 aromatic rings. The Balaban J connectivity index is 1.41. The van der Waals surface area contributed by atoms with Crippen LogP contribution < -0.4 is 9.47 Å². The summed E-state index contributed by atoms with van der Waals surface area (Å²) < 4.78 is 11.7. The molecular weight excluding hydrogens is 532 g/mol. The molecule has 0 spiro atoms. The van der Waals surface area contributed by atoms with Crippen LogP contribution in [0.4, 0.5) is 0 Å². The van der Waals surface area contributed by atoms with E-state index in [4.69, 9.17) is 19.7 Å². The Morgan fingerprint density at radius 3 is 1.35 bits per heavy atom. The first kappa shape index (κ1) is 27.2. The fourth-order valence-electron chi connectivity index (χ4n) is 6.63. The highest BCUT2D eigenvalue weighted by atomic mass is 16.5. The standard InChI is InChI=1S/C39H34O4/c40-19-5-21-42-33-17-13-27-23-31(15-11-29(27)25-33)39(37-9-3-1-7-35(37)36-8-2-4-10-38(36)39)32-16-12-30-26-34(43-22-6-20-41)18-14-28(30)24-32/h1-4,7-18,23-26,40-41H,5-6,19-22H2. The van der Waals surface area contributed by atoms with Crippen molar-refractivity contribution in [3.8, 4) is 22.6 Å². The summed E-state index contributed by atoms with van der Waals surface area (Å²) in [6, 6.07) is 43.6. The molecule has 0 fully saturated rings. The summed E-state index contributed by atoms with van der Waals surface area (Å²) in [6.07, 6.45) is 1.23. The van der Waals surface area contributed by atoms with Gasteiger partial charge in [0.05, 0.1) is 18.6 Å². The van der Waals surface area contributed by atoms with Crippen molar-refractivity contribution < 1.29 is 19.7 Å². The minimum atomic E-state index is -0.498. The molecule has 0 atom stereocenters. The average Bonchev–Trinajstić information content (AvgIpc) is 3.36. The monoisotopic (exact) mass is 566 g/mol. The quantitative estimate of drug-likeness (QED) is 0.165. The van der Waals surface area contributed by atoms with E-state index in [9.17, 15) is 0 Å². The lowest BCUT2D eigenvalue weighted by Crippen LogP contribution is -2.28. The molecule has 0 aromatic heterocycles. The van der Waals surface area contributed by atoms with E-state index in [0.29, 0.717) is 26.1 Å². The number of benzene rings is 6. The number of ether oxygens (including phenoxy) is 2. The van der Waals surface area contributed by atoms with Gasteiger partial charge in [0.15, 0.2) is 0 Å². The molecule has 7 rings (SSSR count). The number of aliphatic hydroxyl groups excluding tert-OH is 2. The van der Waals surface area contributed by atoms with Crippen molar-refractivity contribution in [1.29, 1.82) is 0 Å². The van der Waals surface area contributed by atoms with Crippen LogP contribution in [0.5, 0.6) is 11.5 Å². The Hall–Kier alpha value is -4.64. The van der Waals surface area contributed by atoms with Crippen LogP contribution in [-0.2, 0) is 5.41 Å². The molecule has 0 amide bonds. The number of rotatable bonds is 10. The van der Waals surface area contributed by atoms with E-state index < -0.39 is 5.41 Å². The molecule has 4 nitrogen and oxygen atoms in total. The molecule has 1 aliphatic carbocycles. The summed E-state index contributed by atoms with van der Waals surface area (Å²) in [4.78, 5) is 0. The van der Waals surface area contributed by atoms with Crippen LogP contribution in [-0.4, -0.2) is 36.6 Å². The molecule has 0 saturated heterocycles. The van der Waals surface area contributed by atoms with Gasteiger partial charge >= 0.3 is 0 Å². The summed E-state index contributed by atoms with van der Waals surface area (Å²) in [7, 11) is 0. The van der Waals surface area contributed by atoms with Gasteiger partial charge in [0.2, 0.25) is 0 Å². The van der Waals surface area contributed by atoms with Gasteiger partial charge in [0.1, 0.15) is 11.5 Å². The van der Waals surface area contributed by atoms with Crippen molar-refractivity contribution in [2.24, 2.45) is 0 Å². The zero-order valence-corrected chi connectivity index (χ0v) is 24.0. The minimum Gasteiger partial charge on any atom is -0.493 e. The van der Waals surface area contributed by atoms with Crippen LogP contribution in [0.1, 0.15) is 35.1 Å². The van der Waals surface area contributed by atoms with Crippen molar-refractivity contribution in [3.05, 3.63) is 144 Å². The highest BCUT2D eigenvalue weighted by Crippen LogP contribution is 2.56. The van der Waals surface area contributed by atoms with E-state index in [1.807, 2.05) is 12.1 Å². The first-order valence-electron chi connectivity index (χ1n) is 15.0. The second-order valence-corrected chi connectivity index (χ2v) is 11.1. The third-order valence-electron chi connectivity index (χ3n) is 8.58. The number of hydrogen-bond acceptors (Lipinski definition) is 4. The summed E-state index contributed by atoms with van der Waals surface area (Å²) in [5.74, 6) is 1.63. The van der Waals surface area contributed by atoms with Crippen molar-refractivity contribution in [2.45, 2.75) is 18.3 Å². The Bertz CT molecular complexity index is 1780. The third-order valence-corrected chi connectivity index (χ3v) is 8.58. The molecule has 0 unspecified atom stereocenters. The first-order valence-corrected chi connectivity index (χ1v) is 15.0. The van der Waals surface area contributed by atoms with Crippen LogP contribution >= 0.6 is 0 Å². The van der Waals surface area contributed by atoms with Crippen LogP contribution in [0.2, 0.25) is 0 Å². The molecule has 1 aliphatic rings. The lowest BCUT2D eigenvalue weighted by molar-refractivity contribution is 0.233. The fourth-order valence-corrected chi connectivity index (χ4v) is 6.63. The van der Waals surface area contributed by atoms with Gasteiger partial charge < -0.3 is 19.7 Å². The second kappa shape index (κ2) is 11.6. The van der Waals surface area contributed by atoms with Crippen molar-refractivity contribution in [1.82, 2.24) is 0 Å². The summed E-state index contributed by atoms with van der Waals surface area (Å²) in [6.45, 7) is 1.23. The molecule has 0 bridgehead atoms. The Morgan fingerprint density at radius 2 is 0.884 bits per heavy atom. The van der Waals surface area contributed by atoms with Crippen LogP contribution in [0, 0.1) is 0 Å². The number of hydrogen-bond donors (Lipinski definition) is 2. The fraction of sp³-hybridized carbons (Fsp3) is 0.179. The van der Waals surface area contributed by atoms with Crippen molar-refractivity contribution in [3.63, 3.8) is 0 Å². The third kappa shape index (κ3) is 4.73. The van der Waals surface area contributed by atoms with Gasteiger partial charge in [-0.2, -0.15) is 0 Å². The summed E-state index contributed by atoms with van der Waals surface area (Å²) in [5, 5.41) is 22.8. The maximum absolute atomic E-state index is 9.13. The molecule has 0 radical (unpaired) electrons. The molecule has 6 aromatic carbocycles. The molecule has 4 heteroatoms. The van der Waals surface area contributed by atoms with E-state index in [1.165, 1.54) is 33.4 Å². The summed E-state index contributed by atoms with van der Waals surface area (Å²) in [5.41, 5.74) is 7.02. The molecule has 214 valence electrons. The Morgan fingerprint density at radius 1 is 0.465 bits per heavy atom. The zero-order valence-electron chi connectivity index (χ0n) is 24.0. The van der Waals surface area contributed by atoms with Gasteiger partial charge in [-0.3, -0.25) is 0 Å². The van der Waals surface area contributed by atoms with Gasteiger partial charge in [-0.1, -0.05) is 84.9 Å². The van der Waals surface area contributed by atoms with Crippen LogP contribution in [0.15, 0.2) is 121 Å². The van der Waals surface area contributed by atoms with E-state index in [-0.39, 0.29) is 13.2 Å². The molecule has 0 aliphatic heterocycles. The number of fused-ring (bicyclic) bond motifs is 5. The largest absolute Gasteiger partial charge is 0.493 e. The van der Waals surface area contributed by atoms with Crippen molar-refractivity contribution >= 4 is 21.5 Å². The van der Waals surface area contributed by atoms with Gasteiger partial charge in [-0.05, 0) is 91.3 Å². The first-order chi connectivity index (χ1) is 21.2. The highest BCUT2D eigenvalue weighted by molar-refractivity contribution is 5.92. The molecule has 0 saturated carbocycles. The second-order valence-electron chi connectivity index (χ2n) is 11.1. The normalized spacial score (nSPS) is 13.2. The van der Waals surface area contributed by atoms with Gasteiger partial charge in [-0.15, -0.1) is 0 Å². The molecule has 43 heavy (non-hydrogen) atoms. The Labute approximate surface area is 251 Å². The molecule has 0 heterocycles. The zero-order chi connectivity index (χ0) is 29.2. The van der Waals surface area contributed by atoms with Gasteiger partial charge in [0, 0.05) is 26.1 Å². The van der Waals surface area contributed by atoms with E-state index >= 15 is 0 Å². The van der Waals surface area contributed by atoms with Gasteiger partial charge in [0.25, 0.3) is 0 Å². The SMILES string of the molecule is OCCCOc1ccc2cc(C3(c4ccc5cc(OCCCO)ccc5c4)c4ccccc4-c4ccccc43)ccc2c1. The van der Waals surface area contributed by atoms with Crippen LogP contribution in [0.25, 0.3) is 32.7 Å². The van der Waals surface area contributed by atoms with E-state index in [0.717, 1.165) is 33.0 Å². The molecular formula is C39H34O4. The maximum Gasteiger partial charge on any atom is 0.119 e.